The molecule has 1 heterocycles. The summed E-state index contributed by atoms with van der Waals surface area (Å²) in [4.78, 5) is 16.1. The van der Waals surface area contributed by atoms with Gasteiger partial charge in [-0.15, -0.1) is 0 Å². The molecule has 0 saturated heterocycles. The minimum absolute atomic E-state index is 0.0988. The Kier molecular flexibility index (Phi) is 4.32. The van der Waals surface area contributed by atoms with Crippen LogP contribution >= 0.6 is 11.6 Å². The first-order valence-electron chi connectivity index (χ1n) is 9.03. The first-order valence-corrected chi connectivity index (χ1v) is 10.9. The van der Waals surface area contributed by atoms with E-state index >= 15 is 0 Å². The summed E-state index contributed by atoms with van der Waals surface area (Å²) >= 11 is 6.09. The average Bonchev–Trinajstić information content (AvgIpc) is 2.91. The SMILES string of the molecule is Cc1cc2c3c([nH]c2cc1S(=O)(=O)Nc1ccccc1Cl)CC(C)(C)CC3=O. The van der Waals surface area contributed by atoms with Gasteiger partial charge < -0.3 is 4.98 Å². The van der Waals surface area contributed by atoms with Gasteiger partial charge in [-0.2, -0.15) is 0 Å². The van der Waals surface area contributed by atoms with Crippen LogP contribution < -0.4 is 4.72 Å². The van der Waals surface area contributed by atoms with Crippen LogP contribution in [-0.4, -0.2) is 19.2 Å². The van der Waals surface area contributed by atoms with Gasteiger partial charge >= 0.3 is 0 Å². The summed E-state index contributed by atoms with van der Waals surface area (Å²) < 4.78 is 28.5. The minimum Gasteiger partial charge on any atom is -0.358 e. The molecule has 2 N–H and O–H groups in total. The zero-order chi connectivity index (χ0) is 20.3. The number of rotatable bonds is 3. The van der Waals surface area contributed by atoms with Crippen molar-refractivity contribution in [3.05, 3.63) is 58.2 Å². The standard InChI is InChI=1S/C21H21ClN2O3S/c1-12-8-13-16(23-17-10-21(2,3)11-18(25)20(13)17)9-19(12)28(26,27)24-15-7-5-4-6-14(15)22/h4-9,23-24H,10-11H2,1-3H3. The Labute approximate surface area is 169 Å². The van der Waals surface area contributed by atoms with Crippen molar-refractivity contribution in [2.75, 3.05) is 4.72 Å². The Hall–Kier alpha value is -2.31. The molecule has 2 aromatic carbocycles. The highest BCUT2D eigenvalue weighted by molar-refractivity contribution is 7.92. The molecule has 3 aromatic rings. The summed E-state index contributed by atoms with van der Waals surface area (Å²) in [5.74, 6) is 0.0988. The van der Waals surface area contributed by atoms with Crippen LogP contribution in [0.15, 0.2) is 41.3 Å². The molecule has 0 atom stereocenters. The van der Waals surface area contributed by atoms with Gasteiger partial charge in [0.2, 0.25) is 0 Å². The van der Waals surface area contributed by atoms with Gasteiger partial charge in [-0.1, -0.05) is 37.6 Å². The summed E-state index contributed by atoms with van der Waals surface area (Å²) in [6, 6.07) is 10.1. The molecule has 0 aliphatic heterocycles. The number of aromatic nitrogens is 1. The van der Waals surface area contributed by atoms with Crippen molar-refractivity contribution < 1.29 is 13.2 Å². The Morgan fingerprint density at radius 3 is 2.57 bits per heavy atom. The van der Waals surface area contributed by atoms with E-state index in [1.54, 1.807) is 43.3 Å². The molecule has 5 nitrogen and oxygen atoms in total. The molecule has 28 heavy (non-hydrogen) atoms. The van der Waals surface area contributed by atoms with Crippen molar-refractivity contribution in [2.45, 2.75) is 38.5 Å². The molecule has 1 aliphatic carbocycles. The van der Waals surface area contributed by atoms with Crippen molar-refractivity contribution in [1.29, 1.82) is 0 Å². The number of Topliss-reactive ketones (excluding diaryl/α,β-unsaturated/α-hetero) is 1. The molecule has 0 bridgehead atoms. The number of carbonyl (C=O) groups excluding carboxylic acids is 1. The molecular formula is C21H21ClN2O3S. The summed E-state index contributed by atoms with van der Waals surface area (Å²) in [7, 11) is -3.84. The molecular weight excluding hydrogens is 396 g/mol. The number of ketones is 1. The third kappa shape index (κ3) is 3.20. The topological polar surface area (TPSA) is 79.0 Å². The highest BCUT2D eigenvalue weighted by Crippen LogP contribution is 2.39. The van der Waals surface area contributed by atoms with E-state index in [1.807, 2.05) is 0 Å². The lowest BCUT2D eigenvalue weighted by molar-refractivity contribution is 0.0913. The molecule has 4 rings (SSSR count). The van der Waals surface area contributed by atoms with Gasteiger partial charge in [0.05, 0.1) is 15.6 Å². The Balaban J connectivity index is 1.82. The highest BCUT2D eigenvalue weighted by atomic mass is 35.5. The van der Waals surface area contributed by atoms with Crippen LogP contribution in [0.5, 0.6) is 0 Å². The third-order valence-electron chi connectivity index (χ3n) is 5.15. The first kappa shape index (κ1) is 19.0. The van der Waals surface area contributed by atoms with Gasteiger partial charge in [0.25, 0.3) is 10.0 Å². The van der Waals surface area contributed by atoms with Gasteiger partial charge in [0.15, 0.2) is 5.78 Å². The van der Waals surface area contributed by atoms with E-state index in [2.05, 4.69) is 23.6 Å². The van der Waals surface area contributed by atoms with Crippen molar-refractivity contribution in [1.82, 2.24) is 4.98 Å². The number of aryl methyl sites for hydroxylation is 1. The molecule has 7 heteroatoms. The number of hydrogen-bond donors (Lipinski definition) is 2. The summed E-state index contributed by atoms with van der Waals surface area (Å²) in [5, 5.41) is 1.11. The maximum atomic E-state index is 13.0. The first-order chi connectivity index (χ1) is 13.1. The number of hydrogen-bond acceptors (Lipinski definition) is 3. The average molecular weight is 417 g/mol. The quantitative estimate of drug-likeness (QED) is 0.624. The zero-order valence-electron chi connectivity index (χ0n) is 15.9. The van der Waals surface area contributed by atoms with E-state index in [9.17, 15) is 13.2 Å². The van der Waals surface area contributed by atoms with Gasteiger partial charge in [0.1, 0.15) is 0 Å². The van der Waals surface area contributed by atoms with E-state index in [4.69, 9.17) is 11.6 Å². The zero-order valence-corrected chi connectivity index (χ0v) is 17.5. The predicted octanol–water partition coefficient (Wildman–Crippen LogP) is 5.09. The van der Waals surface area contributed by atoms with Crippen molar-refractivity contribution in [3.8, 4) is 0 Å². The van der Waals surface area contributed by atoms with Gasteiger partial charge in [-0.05, 0) is 48.6 Å². The molecule has 0 fully saturated rings. The van der Waals surface area contributed by atoms with E-state index in [-0.39, 0.29) is 16.1 Å². The largest absolute Gasteiger partial charge is 0.358 e. The number of para-hydroxylation sites is 1. The van der Waals surface area contributed by atoms with Crippen LogP contribution in [-0.2, 0) is 16.4 Å². The van der Waals surface area contributed by atoms with Gasteiger partial charge in [-0.25, -0.2) is 8.42 Å². The molecule has 1 aliphatic rings. The number of halogens is 1. The number of sulfonamides is 1. The molecule has 0 amide bonds. The molecule has 0 unspecified atom stereocenters. The molecule has 0 radical (unpaired) electrons. The Morgan fingerprint density at radius 2 is 1.86 bits per heavy atom. The minimum atomic E-state index is -3.84. The van der Waals surface area contributed by atoms with E-state index < -0.39 is 10.0 Å². The number of anilines is 1. The lowest BCUT2D eigenvalue weighted by Gasteiger charge is -2.28. The van der Waals surface area contributed by atoms with Crippen LogP contribution in [0.4, 0.5) is 5.69 Å². The van der Waals surface area contributed by atoms with Crippen molar-refractivity contribution >= 4 is 44.0 Å². The fourth-order valence-corrected chi connectivity index (χ4v) is 5.51. The summed E-state index contributed by atoms with van der Waals surface area (Å²) in [6.45, 7) is 5.86. The number of carbonyl (C=O) groups is 1. The highest BCUT2D eigenvalue weighted by Gasteiger charge is 2.34. The number of nitrogens with one attached hydrogen (secondary N) is 2. The normalized spacial score (nSPS) is 16.2. The number of benzene rings is 2. The second-order valence-electron chi connectivity index (χ2n) is 8.17. The Morgan fingerprint density at radius 1 is 1.14 bits per heavy atom. The lowest BCUT2D eigenvalue weighted by Crippen LogP contribution is -2.26. The van der Waals surface area contributed by atoms with Crippen LogP contribution in [0.25, 0.3) is 10.9 Å². The van der Waals surface area contributed by atoms with Gasteiger partial charge in [0, 0.05) is 28.6 Å². The molecule has 0 spiro atoms. The lowest BCUT2D eigenvalue weighted by atomic mass is 9.76. The van der Waals surface area contributed by atoms with E-state index in [0.29, 0.717) is 33.8 Å². The number of H-pyrrole nitrogens is 1. The monoisotopic (exact) mass is 416 g/mol. The van der Waals surface area contributed by atoms with Crippen LogP contribution in [0, 0.1) is 12.3 Å². The maximum absolute atomic E-state index is 13.0. The van der Waals surface area contributed by atoms with Crippen molar-refractivity contribution in [2.24, 2.45) is 5.41 Å². The summed E-state index contributed by atoms with van der Waals surface area (Å²) in [6.07, 6.45) is 1.24. The smallest absolute Gasteiger partial charge is 0.262 e. The predicted molar refractivity (Wildman–Crippen MR) is 112 cm³/mol. The molecule has 146 valence electrons. The number of aromatic amines is 1. The van der Waals surface area contributed by atoms with E-state index in [0.717, 1.165) is 17.5 Å². The fourth-order valence-electron chi connectivity index (χ4n) is 3.93. The second kappa shape index (κ2) is 6.36. The maximum Gasteiger partial charge on any atom is 0.262 e. The van der Waals surface area contributed by atoms with E-state index in [1.165, 1.54) is 0 Å². The number of fused-ring (bicyclic) bond motifs is 3. The third-order valence-corrected chi connectivity index (χ3v) is 6.99. The fraction of sp³-hybridized carbons (Fsp3) is 0.286. The molecule has 0 saturated carbocycles. The van der Waals surface area contributed by atoms with Gasteiger partial charge in [-0.3, -0.25) is 9.52 Å². The van der Waals surface area contributed by atoms with Crippen molar-refractivity contribution in [3.63, 3.8) is 0 Å². The Bertz CT molecular complexity index is 1230. The van der Waals surface area contributed by atoms with Crippen LogP contribution in [0.3, 0.4) is 0 Å². The second-order valence-corrected chi connectivity index (χ2v) is 10.2. The van der Waals surface area contributed by atoms with Crippen LogP contribution in [0.1, 0.15) is 41.9 Å². The molecule has 1 aromatic heterocycles. The summed E-state index contributed by atoms with van der Waals surface area (Å²) in [5.41, 5.74) is 3.02. The van der Waals surface area contributed by atoms with Crippen LogP contribution in [0.2, 0.25) is 5.02 Å².